The highest BCUT2D eigenvalue weighted by Crippen LogP contribution is 2.35. The van der Waals surface area contributed by atoms with E-state index in [9.17, 15) is 0 Å². The first kappa shape index (κ1) is 15.3. The van der Waals surface area contributed by atoms with Gasteiger partial charge in [0.05, 0.1) is 24.4 Å². The fourth-order valence-corrected chi connectivity index (χ4v) is 4.53. The number of morpholine rings is 1. The minimum absolute atomic E-state index is 0.429. The maximum Gasteiger partial charge on any atom is 0.186 e. The van der Waals surface area contributed by atoms with Crippen molar-refractivity contribution >= 4 is 16.5 Å². The van der Waals surface area contributed by atoms with Crippen molar-refractivity contribution in [1.82, 2.24) is 10.3 Å². The number of hydrogen-bond donors (Lipinski definition) is 1. The summed E-state index contributed by atoms with van der Waals surface area (Å²) >= 11 is 1.87. The quantitative estimate of drug-likeness (QED) is 0.848. The van der Waals surface area contributed by atoms with Gasteiger partial charge in [-0.1, -0.05) is 19.8 Å². The summed E-state index contributed by atoms with van der Waals surface area (Å²) in [7, 11) is 0. The van der Waals surface area contributed by atoms with Crippen molar-refractivity contribution < 1.29 is 4.74 Å². The van der Waals surface area contributed by atoms with Crippen molar-refractivity contribution in [2.24, 2.45) is 0 Å². The lowest BCUT2D eigenvalue weighted by Gasteiger charge is -2.43. The molecular formula is C16H27N3OS. The van der Waals surface area contributed by atoms with Gasteiger partial charge in [0.2, 0.25) is 0 Å². The Labute approximate surface area is 131 Å². The van der Waals surface area contributed by atoms with Crippen LogP contribution in [0, 0.1) is 6.92 Å². The minimum atomic E-state index is 0.429. The second-order valence-electron chi connectivity index (χ2n) is 6.14. The van der Waals surface area contributed by atoms with Gasteiger partial charge in [0.1, 0.15) is 0 Å². The topological polar surface area (TPSA) is 37.4 Å². The first-order valence-electron chi connectivity index (χ1n) is 8.35. The fraction of sp³-hybridized carbons (Fsp3) is 0.812. The monoisotopic (exact) mass is 309 g/mol. The van der Waals surface area contributed by atoms with Crippen LogP contribution < -0.4 is 10.2 Å². The molecule has 1 aromatic heterocycles. The molecule has 0 bridgehead atoms. The van der Waals surface area contributed by atoms with E-state index in [-0.39, 0.29) is 0 Å². The molecule has 0 amide bonds. The molecule has 118 valence electrons. The molecular weight excluding hydrogens is 282 g/mol. The van der Waals surface area contributed by atoms with Crippen molar-refractivity contribution in [1.29, 1.82) is 0 Å². The fourth-order valence-electron chi connectivity index (χ4n) is 3.41. The lowest BCUT2D eigenvalue weighted by Crippen LogP contribution is -2.52. The zero-order chi connectivity index (χ0) is 14.7. The van der Waals surface area contributed by atoms with E-state index < -0.39 is 0 Å². The molecule has 1 aliphatic heterocycles. The van der Waals surface area contributed by atoms with Crippen molar-refractivity contribution in [3.8, 4) is 0 Å². The molecule has 1 aromatic rings. The van der Waals surface area contributed by atoms with E-state index in [1.807, 2.05) is 11.3 Å². The third kappa shape index (κ3) is 3.41. The molecule has 1 saturated heterocycles. The van der Waals surface area contributed by atoms with Crippen LogP contribution in [0.2, 0.25) is 0 Å². The van der Waals surface area contributed by atoms with E-state index in [0.29, 0.717) is 12.1 Å². The Kier molecular flexibility index (Phi) is 5.14. The highest BCUT2D eigenvalue weighted by molar-refractivity contribution is 7.15. The summed E-state index contributed by atoms with van der Waals surface area (Å²) in [6, 6.07) is 0.550. The highest BCUT2D eigenvalue weighted by Gasteiger charge is 2.35. The number of ether oxygens (including phenoxy) is 1. The molecule has 21 heavy (non-hydrogen) atoms. The van der Waals surface area contributed by atoms with Crippen LogP contribution in [0.4, 0.5) is 5.13 Å². The summed E-state index contributed by atoms with van der Waals surface area (Å²) in [6.45, 7) is 8.22. The van der Waals surface area contributed by atoms with Gasteiger partial charge in [-0.15, -0.1) is 11.3 Å². The second kappa shape index (κ2) is 7.07. The Bertz CT molecular complexity index is 460. The third-order valence-corrected chi connectivity index (χ3v) is 5.77. The zero-order valence-corrected chi connectivity index (χ0v) is 14.0. The van der Waals surface area contributed by atoms with E-state index in [2.05, 4.69) is 24.1 Å². The maximum absolute atomic E-state index is 5.97. The smallest absolute Gasteiger partial charge is 0.186 e. The number of aromatic nitrogens is 1. The number of thiazole rings is 1. The molecule has 2 fully saturated rings. The molecule has 0 radical (unpaired) electrons. The Morgan fingerprint density at radius 3 is 3.10 bits per heavy atom. The molecule has 1 aliphatic carbocycles. The predicted molar refractivity (Wildman–Crippen MR) is 88.2 cm³/mol. The molecule has 2 heterocycles. The summed E-state index contributed by atoms with van der Waals surface area (Å²) in [5, 5.41) is 4.70. The van der Waals surface area contributed by atoms with Gasteiger partial charge in [-0.05, 0) is 32.7 Å². The highest BCUT2D eigenvalue weighted by atomic mass is 32.1. The Morgan fingerprint density at radius 2 is 2.24 bits per heavy atom. The van der Waals surface area contributed by atoms with Crippen LogP contribution in [0.5, 0.6) is 0 Å². The Hall–Kier alpha value is -0.650. The normalized spacial score (nSPS) is 25.9. The van der Waals surface area contributed by atoms with E-state index in [4.69, 9.17) is 9.72 Å². The van der Waals surface area contributed by atoms with Crippen molar-refractivity contribution in [2.45, 2.75) is 64.6 Å². The minimum Gasteiger partial charge on any atom is -0.374 e. The van der Waals surface area contributed by atoms with Crippen LogP contribution in [-0.4, -0.2) is 36.8 Å². The number of nitrogens with zero attached hydrogens (tertiary/aromatic N) is 2. The summed E-state index contributed by atoms with van der Waals surface area (Å²) in [5.74, 6) is 0. The maximum atomic E-state index is 5.97. The average molecular weight is 309 g/mol. The molecule has 1 saturated carbocycles. The molecule has 5 heteroatoms. The zero-order valence-electron chi connectivity index (χ0n) is 13.2. The van der Waals surface area contributed by atoms with Crippen LogP contribution >= 0.6 is 11.3 Å². The number of hydrogen-bond acceptors (Lipinski definition) is 5. The molecule has 2 atom stereocenters. The van der Waals surface area contributed by atoms with E-state index in [1.54, 1.807) is 0 Å². The number of rotatable bonds is 5. The van der Waals surface area contributed by atoms with Gasteiger partial charge < -0.3 is 15.0 Å². The molecule has 1 N–H and O–H groups in total. The molecule has 3 rings (SSSR count). The summed E-state index contributed by atoms with van der Waals surface area (Å²) < 4.78 is 5.97. The van der Waals surface area contributed by atoms with E-state index >= 15 is 0 Å². The van der Waals surface area contributed by atoms with E-state index in [1.165, 1.54) is 47.8 Å². The second-order valence-corrected chi connectivity index (χ2v) is 7.20. The van der Waals surface area contributed by atoms with Crippen LogP contribution in [0.15, 0.2) is 0 Å². The van der Waals surface area contributed by atoms with Gasteiger partial charge in [-0.3, -0.25) is 0 Å². The molecule has 2 aliphatic rings. The first-order chi connectivity index (χ1) is 10.3. The van der Waals surface area contributed by atoms with Gasteiger partial charge >= 0.3 is 0 Å². The summed E-state index contributed by atoms with van der Waals surface area (Å²) in [4.78, 5) is 8.76. The molecule has 2 unspecified atom stereocenters. The lowest BCUT2D eigenvalue weighted by molar-refractivity contribution is -0.00869. The van der Waals surface area contributed by atoms with Crippen LogP contribution in [0.25, 0.3) is 0 Å². The first-order valence-corrected chi connectivity index (χ1v) is 9.16. The van der Waals surface area contributed by atoms with Gasteiger partial charge in [0.15, 0.2) is 5.13 Å². The largest absolute Gasteiger partial charge is 0.374 e. The third-order valence-electron chi connectivity index (χ3n) is 4.57. The standard InChI is InChI=1S/C16H27N3OS/c1-3-8-17-11-15-12(2)18-16(21-15)19-9-10-20-14-7-5-4-6-13(14)19/h13-14,17H,3-11H2,1-2H3. The van der Waals surface area contributed by atoms with Gasteiger partial charge in [0.25, 0.3) is 0 Å². The van der Waals surface area contributed by atoms with Crippen LogP contribution in [-0.2, 0) is 11.3 Å². The number of anilines is 1. The number of aryl methyl sites for hydroxylation is 1. The van der Waals surface area contributed by atoms with Gasteiger partial charge in [-0.2, -0.15) is 0 Å². The van der Waals surface area contributed by atoms with Crippen LogP contribution in [0.3, 0.4) is 0 Å². The number of nitrogens with one attached hydrogen (secondary N) is 1. The molecule has 0 aromatic carbocycles. The van der Waals surface area contributed by atoms with E-state index in [0.717, 1.165) is 26.2 Å². The van der Waals surface area contributed by atoms with Gasteiger partial charge in [0, 0.05) is 18.0 Å². The van der Waals surface area contributed by atoms with Crippen molar-refractivity contribution in [2.75, 3.05) is 24.6 Å². The Balaban J connectivity index is 1.71. The van der Waals surface area contributed by atoms with Crippen LogP contribution in [0.1, 0.15) is 49.6 Å². The van der Waals surface area contributed by atoms with Crippen molar-refractivity contribution in [3.63, 3.8) is 0 Å². The predicted octanol–water partition coefficient (Wildman–Crippen LogP) is 3.10. The van der Waals surface area contributed by atoms with Gasteiger partial charge in [-0.25, -0.2) is 4.98 Å². The summed E-state index contributed by atoms with van der Waals surface area (Å²) in [5.41, 5.74) is 1.19. The lowest BCUT2D eigenvalue weighted by atomic mass is 9.90. The number of fused-ring (bicyclic) bond motifs is 1. The average Bonchev–Trinajstić information content (AvgIpc) is 2.88. The van der Waals surface area contributed by atoms with Crippen molar-refractivity contribution in [3.05, 3.63) is 10.6 Å². The summed E-state index contributed by atoms with van der Waals surface area (Å²) in [6.07, 6.45) is 6.73. The molecule has 0 spiro atoms. The Morgan fingerprint density at radius 1 is 1.38 bits per heavy atom. The molecule has 4 nitrogen and oxygen atoms in total. The SMILES string of the molecule is CCCNCc1sc(N2CCOC3CCCCC32)nc1C.